The summed E-state index contributed by atoms with van der Waals surface area (Å²) in [4.78, 5) is 91.7. The molecule has 0 atom stereocenters. The molecule has 9 aromatic rings. The summed E-state index contributed by atoms with van der Waals surface area (Å²) in [6.07, 6.45) is 5.64. The average Bonchev–Trinajstić information content (AvgIpc) is 1.47. The lowest BCUT2D eigenvalue weighted by Crippen LogP contribution is -2.41. The van der Waals surface area contributed by atoms with E-state index in [0.29, 0.717) is 95.9 Å². The summed E-state index contributed by atoms with van der Waals surface area (Å²) in [6, 6.07) is 40.9. The van der Waals surface area contributed by atoms with Crippen LogP contribution in [-0.2, 0) is 54.2 Å². The molecule has 5 aromatic carbocycles. The number of thiazole rings is 2. The number of likely N-dealkylation sites (tertiary alicyclic amines) is 1. The van der Waals surface area contributed by atoms with Gasteiger partial charge in [0.2, 0.25) is 0 Å². The summed E-state index contributed by atoms with van der Waals surface area (Å²) in [5.41, 5.74) is 7.81. The van der Waals surface area contributed by atoms with Gasteiger partial charge in [0, 0.05) is 48.3 Å². The van der Waals surface area contributed by atoms with Gasteiger partial charge in [-0.2, -0.15) is 0 Å². The van der Waals surface area contributed by atoms with E-state index in [-0.39, 0.29) is 29.2 Å². The van der Waals surface area contributed by atoms with Gasteiger partial charge in [-0.3, -0.25) is 29.9 Å². The van der Waals surface area contributed by atoms with Gasteiger partial charge < -0.3 is 38.1 Å². The Kier molecular flexibility index (Phi) is 21.7. The molecule has 0 unspecified atom stereocenters. The van der Waals surface area contributed by atoms with Gasteiger partial charge in [0.15, 0.2) is 21.7 Å². The molecule has 2 saturated heterocycles. The minimum absolute atomic E-state index is 0.144. The van der Waals surface area contributed by atoms with Crippen LogP contribution in [0.1, 0.15) is 171 Å². The first-order valence-electron chi connectivity index (χ1n) is 35.2. The number of rotatable bonds is 18. The Hall–Kier alpha value is -9.13. The second-order valence-corrected chi connectivity index (χ2v) is 31.4. The highest BCUT2D eigenvalue weighted by Crippen LogP contribution is 2.39. The molecule has 4 aliphatic rings. The van der Waals surface area contributed by atoms with Crippen molar-refractivity contribution in [2.75, 3.05) is 66.4 Å². The minimum atomic E-state index is -0.774. The van der Waals surface area contributed by atoms with Crippen LogP contribution < -0.4 is 30.6 Å². The monoisotopic (exact) mass is 1420 g/mol. The molecular weight excluding hydrogens is 1330 g/mol. The molecule has 20 nitrogen and oxygen atoms in total. The molecule has 23 heteroatoms. The van der Waals surface area contributed by atoms with Crippen LogP contribution in [0.3, 0.4) is 0 Å². The molecule has 4 aromatic heterocycles. The average molecular weight is 1420 g/mol. The number of esters is 3. The molecule has 2 fully saturated rings. The Morgan fingerprint density at radius 2 is 1.12 bits per heavy atom. The van der Waals surface area contributed by atoms with Crippen molar-refractivity contribution in [1.82, 2.24) is 24.8 Å². The summed E-state index contributed by atoms with van der Waals surface area (Å²) in [7, 11) is -0.774. The lowest BCUT2D eigenvalue weighted by Gasteiger charge is -2.32. The van der Waals surface area contributed by atoms with Gasteiger partial charge in [0.25, 0.3) is 11.8 Å². The molecule has 4 aliphatic heterocycles. The zero-order chi connectivity index (χ0) is 72.3. The fraction of sp³-hybridized carbons (Fsp3) is 0.405. The fourth-order valence-corrected chi connectivity index (χ4v) is 14.9. The van der Waals surface area contributed by atoms with Crippen molar-refractivity contribution in [3.8, 4) is 16.9 Å². The third-order valence-corrected chi connectivity index (χ3v) is 21.0. The van der Waals surface area contributed by atoms with Gasteiger partial charge in [-0.25, -0.2) is 29.5 Å². The number of hydrogen-bond donors (Lipinski definition) is 2. The standard InChI is InChI=1S/C46H53N5O6S.C33H37BN4O5S/c1-6-55-41(52)29-50-23-20-31(21-24-50)11-10-26-56-33-16-17-34(30(2)27-33)35-18-19-40(48-42(35)44(54)57-46(3,4)5)51-25-22-32-12-9-13-36(37(32)28-51)43(53)49-45-47-38-14-7-8-15-39(38)58-45;1-31(2,3)41-29(40)27-23(34-42-32(4,5)33(6,7)43-34)15-16-26(36-27)38-18-17-20-11-10-12-21(22(20)19-38)28(39)37-30-35-24-13-8-9-14-25(24)44-30/h7-9,12-19,27,31H,6,10-11,20-26,28-29H2,1-5H3,(H,47,49,53);8-16H,17-19H2,1-7H3,(H,35,37,39). The first kappa shape index (κ1) is 72.7. The maximum Gasteiger partial charge on any atom is 0.497 e. The highest BCUT2D eigenvalue weighted by molar-refractivity contribution is 7.22. The number of fused-ring (bicyclic) bond motifs is 4. The quantitative estimate of drug-likeness (QED) is 0.0352. The highest BCUT2D eigenvalue weighted by Gasteiger charge is 2.53. The SMILES string of the molecule is CC(C)(C)OC(=O)c1nc(N2CCc3cccc(C(=O)Nc4nc5ccccc5s4)c3C2)ccc1B1OC(C)(C)C(C)(C)O1.CCOC(=O)CN1CCC(CCCOc2ccc(-c3ccc(N4CCc5cccc(C(=O)Nc6nc7ccccc7s6)c5C4)nc3C(=O)OC(C)(C)C)c(C)c2)CC1. The minimum Gasteiger partial charge on any atom is -0.494 e. The number of carbonyl (C=O) groups is 5. The number of pyridine rings is 2. The number of ether oxygens (including phenoxy) is 4. The van der Waals surface area contributed by atoms with Crippen molar-refractivity contribution in [2.24, 2.45) is 5.92 Å². The van der Waals surface area contributed by atoms with Crippen molar-refractivity contribution in [2.45, 2.75) is 157 Å². The van der Waals surface area contributed by atoms with Crippen LogP contribution >= 0.6 is 22.7 Å². The van der Waals surface area contributed by atoms with Gasteiger partial charge in [0.05, 0.1) is 51.4 Å². The van der Waals surface area contributed by atoms with Gasteiger partial charge in [-0.05, 0) is 241 Å². The van der Waals surface area contributed by atoms with E-state index in [9.17, 15) is 24.0 Å². The van der Waals surface area contributed by atoms with E-state index in [0.717, 1.165) is 111 Å². The van der Waals surface area contributed by atoms with E-state index >= 15 is 0 Å². The third kappa shape index (κ3) is 17.2. The second kappa shape index (κ2) is 30.4. The van der Waals surface area contributed by atoms with Crippen molar-refractivity contribution in [3.63, 3.8) is 0 Å². The summed E-state index contributed by atoms with van der Waals surface area (Å²) < 4.78 is 37.5. The molecule has 0 radical (unpaired) electrons. The van der Waals surface area contributed by atoms with E-state index in [1.165, 1.54) is 22.7 Å². The van der Waals surface area contributed by atoms with Crippen LogP contribution in [0.25, 0.3) is 31.6 Å². The number of hydrogen-bond acceptors (Lipinski definition) is 20. The molecular formula is C79H90BN9O11S2. The van der Waals surface area contributed by atoms with Crippen molar-refractivity contribution < 1.29 is 52.2 Å². The number of piperidine rings is 1. The molecule has 8 heterocycles. The topological polar surface area (TPSA) is 226 Å². The van der Waals surface area contributed by atoms with Crippen LogP contribution in [0.15, 0.2) is 127 Å². The fourth-order valence-electron chi connectivity index (χ4n) is 13.2. The molecule has 13 rings (SSSR count). The van der Waals surface area contributed by atoms with Gasteiger partial charge >= 0.3 is 25.0 Å². The first-order valence-corrected chi connectivity index (χ1v) is 36.8. The Morgan fingerprint density at radius 1 is 0.608 bits per heavy atom. The smallest absolute Gasteiger partial charge is 0.494 e. The lowest BCUT2D eigenvalue weighted by molar-refractivity contribution is -0.144. The molecule has 0 spiro atoms. The van der Waals surface area contributed by atoms with E-state index < -0.39 is 41.5 Å². The number of para-hydroxylation sites is 2. The van der Waals surface area contributed by atoms with Crippen molar-refractivity contribution in [3.05, 3.63) is 178 Å². The lowest BCUT2D eigenvalue weighted by atomic mass is 9.77. The summed E-state index contributed by atoms with van der Waals surface area (Å²) in [5, 5.41) is 7.13. The molecule has 0 saturated carbocycles. The van der Waals surface area contributed by atoms with Crippen LogP contribution in [-0.4, -0.2) is 130 Å². The van der Waals surface area contributed by atoms with Crippen LogP contribution in [0.4, 0.5) is 21.9 Å². The predicted octanol–water partition coefficient (Wildman–Crippen LogP) is 14.6. The zero-order valence-corrected chi connectivity index (χ0v) is 62.0. The molecule has 532 valence electrons. The van der Waals surface area contributed by atoms with Crippen LogP contribution in [0, 0.1) is 12.8 Å². The summed E-state index contributed by atoms with van der Waals surface area (Å²) >= 11 is 2.90. The number of benzene rings is 5. The molecule has 0 aliphatic carbocycles. The van der Waals surface area contributed by atoms with Crippen molar-refractivity contribution >= 4 is 107 Å². The van der Waals surface area contributed by atoms with Crippen LogP contribution in [0.5, 0.6) is 5.75 Å². The molecule has 0 bridgehead atoms. The summed E-state index contributed by atoms with van der Waals surface area (Å²) in [5.74, 6) is 1.06. The first-order chi connectivity index (χ1) is 48.6. The number of nitrogens with zero attached hydrogens (tertiary/aromatic N) is 7. The van der Waals surface area contributed by atoms with E-state index in [2.05, 4.69) is 47.4 Å². The number of amides is 2. The largest absolute Gasteiger partial charge is 0.497 e. The third-order valence-electron chi connectivity index (χ3n) is 19.1. The maximum absolute atomic E-state index is 13.8. The molecule has 2 amide bonds. The number of aromatic nitrogens is 4. The predicted molar refractivity (Wildman–Crippen MR) is 403 cm³/mol. The highest BCUT2D eigenvalue weighted by atomic mass is 32.1. The maximum atomic E-state index is 13.8. The van der Waals surface area contributed by atoms with E-state index in [4.69, 9.17) is 38.2 Å². The Bertz CT molecular complexity index is 4530. The molecule has 102 heavy (non-hydrogen) atoms. The van der Waals surface area contributed by atoms with Gasteiger partial charge in [0.1, 0.15) is 28.6 Å². The Balaban J connectivity index is 0.000000200. The van der Waals surface area contributed by atoms with E-state index in [1.807, 2.05) is 198 Å². The number of anilines is 4. The number of aryl methyl sites for hydroxylation is 1. The van der Waals surface area contributed by atoms with Crippen molar-refractivity contribution in [1.29, 1.82) is 0 Å². The van der Waals surface area contributed by atoms with Crippen LogP contribution in [0.2, 0.25) is 0 Å². The number of carbonyl (C=O) groups excluding carboxylic acids is 5. The summed E-state index contributed by atoms with van der Waals surface area (Å²) in [6.45, 7) is 28.3. The Morgan fingerprint density at radius 3 is 1.64 bits per heavy atom. The van der Waals surface area contributed by atoms with Gasteiger partial charge in [-0.15, -0.1) is 0 Å². The van der Waals surface area contributed by atoms with E-state index in [1.54, 1.807) is 0 Å². The Labute approximate surface area is 605 Å². The molecule has 2 N–H and O–H groups in total. The second-order valence-electron chi connectivity index (χ2n) is 29.4. The number of nitrogens with one attached hydrogen (secondary N) is 2. The van der Waals surface area contributed by atoms with Gasteiger partial charge in [-0.1, -0.05) is 83.3 Å². The normalized spacial score (nSPS) is 16.0. The zero-order valence-electron chi connectivity index (χ0n) is 60.3.